The molecule has 1 aromatic carbocycles. The highest BCUT2D eigenvalue weighted by molar-refractivity contribution is 9.10. The average molecular weight is 351 g/mol. The van der Waals surface area contributed by atoms with Crippen LogP contribution in [0.25, 0.3) is 0 Å². The number of carbonyl (C=O) groups excluding carboxylic acids is 1. The normalized spacial score (nSPS) is 28.6. The lowest BCUT2D eigenvalue weighted by atomic mass is 9.91. The summed E-state index contributed by atoms with van der Waals surface area (Å²) in [5, 5.41) is 3.14. The number of hydrogen-bond donors (Lipinski definition) is 1. The molecule has 0 saturated carbocycles. The topological polar surface area (TPSA) is 32.3 Å². The van der Waals surface area contributed by atoms with Gasteiger partial charge >= 0.3 is 0 Å². The van der Waals surface area contributed by atoms with Crippen molar-refractivity contribution in [3.8, 4) is 0 Å². The first kappa shape index (κ1) is 15.0. The number of hydrogen-bond acceptors (Lipinski definition) is 2. The van der Waals surface area contributed by atoms with Gasteiger partial charge in [-0.15, -0.1) is 0 Å². The molecule has 2 fully saturated rings. The van der Waals surface area contributed by atoms with E-state index in [4.69, 9.17) is 0 Å². The Labute approximate surface area is 135 Å². The summed E-state index contributed by atoms with van der Waals surface area (Å²) < 4.78 is 0.993. The molecule has 4 heteroatoms. The molecule has 3 nitrogen and oxygen atoms in total. The third kappa shape index (κ3) is 3.02. The number of rotatable bonds is 3. The van der Waals surface area contributed by atoms with Crippen LogP contribution in [0.5, 0.6) is 0 Å². The average Bonchev–Trinajstić information content (AvgIpc) is 2.70. The van der Waals surface area contributed by atoms with Crippen molar-refractivity contribution in [2.24, 2.45) is 5.92 Å². The molecule has 2 bridgehead atoms. The Hall–Kier alpha value is -0.870. The number of halogens is 1. The standard InChI is InChI=1S/C17H23BrN2O/c1-11-15(4-3-5-16(11)18)17(21)19-10-12-8-13-6-7-14(9-12)20(13)2/h3-5,12-14H,6-10H2,1-2H3,(H,19,21). The first-order valence-corrected chi connectivity index (χ1v) is 8.61. The summed E-state index contributed by atoms with van der Waals surface area (Å²) in [4.78, 5) is 14.9. The molecule has 114 valence electrons. The molecule has 0 aromatic heterocycles. The molecule has 2 aliphatic heterocycles. The summed E-state index contributed by atoms with van der Waals surface area (Å²) >= 11 is 3.49. The molecule has 2 atom stereocenters. The highest BCUT2D eigenvalue weighted by Crippen LogP contribution is 2.37. The van der Waals surface area contributed by atoms with E-state index in [9.17, 15) is 4.79 Å². The van der Waals surface area contributed by atoms with E-state index in [1.54, 1.807) is 0 Å². The van der Waals surface area contributed by atoms with Crippen molar-refractivity contribution in [1.29, 1.82) is 0 Å². The minimum absolute atomic E-state index is 0.0556. The van der Waals surface area contributed by atoms with Gasteiger partial charge in [-0.05, 0) is 63.3 Å². The Morgan fingerprint density at radius 3 is 2.67 bits per heavy atom. The number of amides is 1. The van der Waals surface area contributed by atoms with Gasteiger partial charge in [-0.3, -0.25) is 4.79 Å². The van der Waals surface area contributed by atoms with Crippen molar-refractivity contribution in [3.63, 3.8) is 0 Å². The van der Waals surface area contributed by atoms with Gasteiger partial charge in [0.1, 0.15) is 0 Å². The number of benzene rings is 1. The maximum Gasteiger partial charge on any atom is 0.251 e. The molecular formula is C17H23BrN2O. The van der Waals surface area contributed by atoms with Gasteiger partial charge in [-0.1, -0.05) is 22.0 Å². The smallest absolute Gasteiger partial charge is 0.251 e. The van der Waals surface area contributed by atoms with E-state index in [0.29, 0.717) is 5.92 Å². The van der Waals surface area contributed by atoms with Crippen LogP contribution >= 0.6 is 15.9 Å². The molecule has 1 aromatic rings. The zero-order valence-corrected chi connectivity index (χ0v) is 14.3. The molecule has 3 rings (SSSR count). The zero-order valence-electron chi connectivity index (χ0n) is 12.7. The summed E-state index contributed by atoms with van der Waals surface area (Å²) in [5.74, 6) is 0.690. The van der Waals surface area contributed by atoms with Gasteiger partial charge in [0.05, 0.1) is 0 Å². The van der Waals surface area contributed by atoms with Gasteiger partial charge in [0.2, 0.25) is 0 Å². The summed E-state index contributed by atoms with van der Waals surface area (Å²) in [5.41, 5.74) is 1.79. The first-order chi connectivity index (χ1) is 10.1. The monoisotopic (exact) mass is 350 g/mol. The molecule has 2 saturated heterocycles. The van der Waals surface area contributed by atoms with Crippen LogP contribution in [-0.2, 0) is 0 Å². The first-order valence-electron chi connectivity index (χ1n) is 7.81. The molecule has 2 aliphatic rings. The van der Waals surface area contributed by atoms with Crippen LogP contribution < -0.4 is 5.32 Å². The molecule has 0 aliphatic carbocycles. The second kappa shape index (κ2) is 6.09. The van der Waals surface area contributed by atoms with Gasteiger partial charge in [0.15, 0.2) is 0 Å². The van der Waals surface area contributed by atoms with Gasteiger partial charge in [-0.2, -0.15) is 0 Å². The lowest BCUT2D eigenvalue weighted by molar-refractivity contribution is 0.0917. The van der Waals surface area contributed by atoms with Gasteiger partial charge < -0.3 is 10.2 Å². The van der Waals surface area contributed by atoms with E-state index in [-0.39, 0.29) is 5.91 Å². The molecule has 0 radical (unpaired) electrons. The molecule has 2 unspecified atom stereocenters. The van der Waals surface area contributed by atoms with Crippen LogP contribution in [0.15, 0.2) is 22.7 Å². The molecule has 1 amide bonds. The molecule has 1 N–H and O–H groups in total. The molecule has 0 spiro atoms. The van der Waals surface area contributed by atoms with E-state index < -0.39 is 0 Å². The van der Waals surface area contributed by atoms with Crippen molar-refractivity contribution < 1.29 is 4.79 Å². The third-order valence-electron chi connectivity index (χ3n) is 5.26. The van der Waals surface area contributed by atoms with Crippen molar-refractivity contribution >= 4 is 21.8 Å². The van der Waals surface area contributed by atoms with Crippen LogP contribution in [0.1, 0.15) is 41.6 Å². The van der Waals surface area contributed by atoms with E-state index in [1.165, 1.54) is 25.7 Å². The Kier molecular flexibility index (Phi) is 4.36. The highest BCUT2D eigenvalue weighted by Gasteiger charge is 2.38. The third-order valence-corrected chi connectivity index (χ3v) is 6.12. The minimum atomic E-state index is 0.0556. The zero-order chi connectivity index (χ0) is 15.0. The van der Waals surface area contributed by atoms with E-state index in [1.807, 2.05) is 25.1 Å². The molecule has 21 heavy (non-hydrogen) atoms. The highest BCUT2D eigenvalue weighted by atomic mass is 79.9. The van der Waals surface area contributed by atoms with Gasteiger partial charge in [0, 0.05) is 28.7 Å². The lowest BCUT2D eigenvalue weighted by Crippen LogP contribution is -2.43. The summed E-state index contributed by atoms with van der Waals surface area (Å²) in [6.45, 7) is 2.79. The fraction of sp³-hybridized carbons (Fsp3) is 0.588. The SMILES string of the molecule is Cc1c(Br)cccc1C(=O)NCC1CC2CCC(C1)N2C. The Morgan fingerprint density at radius 2 is 2.00 bits per heavy atom. The van der Waals surface area contributed by atoms with Crippen LogP contribution in [0.2, 0.25) is 0 Å². The Morgan fingerprint density at radius 1 is 1.33 bits per heavy atom. The number of nitrogens with one attached hydrogen (secondary N) is 1. The summed E-state index contributed by atoms with van der Waals surface area (Å²) in [6, 6.07) is 7.26. The number of carbonyl (C=O) groups is 1. The van der Waals surface area contributed by atoms with Gasteiger partial charge in [0.25, 0.3) is 5.91 Å². The molecule has 2 heterocycles. The van der Waals surface area contributed by atoms with Crippen LogP contribution in [0, 0.1) is 12.8 Å². The second-order valence-electron chi connectivity index (χ2n) is 6.51. The fourth-order valence-corrected chi connectivity index (χ4v) is 4.24. The van der Waals surface area contributed by atoms with E-state index >= 15 is 0 Å². The van der Waals surface area contributed by atoms with Crippen molar-refractivity contribution in [3.05, 3.63) is 33.8 Å². The van der Waals surface area contributed by atoms with Crippen LogP contribution in [0.4, 0.5) is 0 Å². The Balaban J connectivity index is 1.58. The number of nitrogens with zero attached hydrogens (tertiary/aromatic N) is 1. The lowest BCUT2D eigenvalue weighted by Gasteiger charge is -2.36. The Bertz CT molecular complexity index is 532. The quantitative estimate of drug-likeness (QED) is 0.906. The van der Waals surface area contributed by atoms with Gasteiger partial charge in [-0.25, -0.2) is 0 Å². The van der Waals surface area contributed by atoms with E-state index in [0.717, 1.165) is 34.2 Å². The number of fused-ring (bicyclic) bond motifs is 2. The largest absolute Gasteiger partial charge is 0.352 e. The van der Waals surface area contributed by atoms with Crippen LogP contribution in [0.3, 0.4) is 0 Å². The number of piperidine rings is 1. The maximum absolute atomic E-state index is 12.4. The fourth-order valence-electron chi connectivity index (χ4n) is 3.88. The summed E-state index contributed by atoms with van der Waals surface area (Å²) in [7, 11) is 2.25. The van der Waals surface area contributed by atoms with Crippen LogP contribution in [-0.4, -0.2) is 36.5 Å². The van der Waals surface area contributed by atoms with Crippen molar-refractivity contribution in [2.45, 2.75) is 44.7 Å². The van der Waals surface area contributed by atoms with Crippen molar-refractivity contribution in [2.75, 3.05) is 13.6 Å². The summed E-state index contributed by atoms with van der Waals surface area (Å²) in [6.07, 6.45) is 5.11. The molecular weight excluding hydrogens is 328 g/mol. The predicted octanol–water partition coefficient (Wildman–Crippen LogP) is 3.36. The second-order valence-corrected chi connectivity index (χ2v) is 7.36. The predicted molar refractivity (Wildman–Crippen MR) is 88.5 cm³/mol. The maximum atomic E-state index is 12.4. The van der Waals surface area contributed by atoms with Crippen molar-refractivity contribution in [1.82, 2.24) is 10.2 Å². The minimum Gasteiger partial charge on any atom is -0.352 e. The van der Waals surface area contributed by atoms with E-state index in [2.05, 4.69) is 33.2 Å².